The van der Waals surface area contributed by atoms with Gasteiger partial charge in [-0.15, -0.1) is 0 Å². The summed E-state index contributed by atoms with van der Waals surface area (Å²) in [6.45, 7) is 0. The summed E-state index contributed by atoms with van der Waals surface area (Å²) < 4.78 is 3.39. The van der Waals surface area contributed by atoms with Crippen LogP contribution >= 0.6 is 43.5 Å². The summed E-state index contributed by atoms with van der Waals surface area (Å²) in [7, 11) is 1.81. The number of aryl methyl sites for hydroxylation is 1. The van der Waals surface area contributed by atoms with Crippen LogP contribution in [0.25, 0.3) is 0 Å². The van der Waals surface area contributed by atoms with E-state index in [-0.39, 0.29) is 5.91 Å². The van der Waals surface area contributed by atoms with Crippen molar-refractivity contribution in [3.63, 3.8) is 0 Å². The predicted molar refractivity (Wildman–Crippen MR) is 80.2 cm³/mol. The van der Waals surface area contributed by atoms with E-state index in [9.17, 15) is 4.79 Å². The number of nitrogens with zero attached hydrogens (tertiary/aromatic N) is 1. The summed E-state index contributed by atoms with van der Waals surface area (Å²) in [5.41, 5.74) is 1.21. The van der Waals surface area contributed by atoms with Gasteiger partial charge < -0.3 is 9.88 Å². The Morgan fingerprint density at radius 2 is 2.06 bits per heavy atom. The number of anilines is 1. The monoisotopic (exact) mass is 390 g/mol. The number of amides is 1. The van der Waals surface area contributed by atoms with Crippen molar-refractivity contribution in [2.45, 2.75) is 0 Å². The topological polar surface area (TPSA) is 34.0 Å². The van der Waals surface area contributed by atoms with Gasteiger partial charge in [0.25, 0.3) is 5.91 Å². The van der Waals surface area contributed by atoms with Gasteiger partial charge in [0, 0.05) is 27.2 Å². The molecule has 1 aromatic carbocycles. The molecule has 1 heterocycles. The molecule has 0 bridgehead atoms. The number of nitrogens with one attached hydrogen (secondary N) is 1. The molecule has 0 radical (unpaired) electrons. The van der Waals surface area contributed by atoms with Crippen LogP contribution in [0.1, 0.15) is 10.5 Å². The lowest BCUT2D eigenvalue weighted by molar-refractivity contribution is 0.101. The molecule has 2 aromatic rings. The molecular formula is C12H9Br2ClN2O. The molecule has 2 rings (SSSR count). The standard InChI is InChI=1S/C12H9Br2ClN2O/c1-17-6-7(13)4-11(17)12(18)16-10-5-8(15)2-3-9(10)14/h2-6H,1H3,(H,16,18). The van der Waals surface area contributed by atoms with Gasteiger partial charge in [0.1, 0.15) is 5.69 Å². The molecule has 0 aliphatic carbocycles. The summed E-state index contributed by atoms with van der Waals surface area (Å²) in [5.74, 6) is -0.189. The fourth-order valence-corrected chi connectivity index (χ4v) is 2.57. The highest BCUT2D eigenvalue weighted by Gasteiger charge is 2.12. The minimum absolute atomic E-state index is 0.189. The van der Waals surface area contributed by atoms with Crippen molar-refractivity contribution >= 4 is 55.1 Å². The van der Waals surface area contributed by atoms with Crippen LogP contribution in [0.2, 0.25) is 5.02 Å². The number of hydrogen-bond donors (Lipinski definition) is 1. The van der Waals surface area contributed by atoms with Gasteiger partial charge in [-0.1, -0.05) is 11.6 Å². The third-order valence-corrected chi connectivity index (χ3v) is 3.74. The number of carbonyl (C=O) groups is 1. The second-order valence-electron chi connectivity index (χ2n) is 3.73. The molecule has 1 N–H and O–H groups in total. The Morgan fingerprint density at radius 3 is 2.67 bits per heavy atom. The fourth-order valence-electron chi connectivity index (χ4n) is 1.53. The van der Waals surface area contributed by atoms with Crippen LogP contribution in [0, 0.1) is 0 Å². The Bertz CT molecular complexity index is 610. The second-order valence-corrected chi connectivity index (χ2v) is 5.94. The summed E-state index contributed by atoms with van der Waals surface area (Å²) in [4.78, 5) is 12.1. The molecule has 0 saturated carbocycles. The van der Waals surface area contributed by atoms with Gasteiger partial charge in [-0.2, -0.15) is 0 Å². The van der Waals surface area contributed by atoms with E-state index in [1.54, 1.807) is 28.8 Å². The van der Waals surface area contributed by atoms with E-state index >= 15 is 0 Å². The van der Waals surface area contributed by atoms with E-state index in [2.05, 4.69) is 37.2 Å². The first-order valence-electron chi connectivity index (χ1n) is 5.05. The number of halogens is 3. The first kappa shape index (κ1) is 13.6. The quantitative estimate of drug-likeness (QED) is 0.805. The molecule has 0 aliphatic heterocycles. The smallest absolute Gasteiger partial charge is 0.272 e. The van der Waals surface area contributed by atoms with Crippen molar-refractivity contribution < 1.29 is 4.79 Å². The normalized spacial score (nSPS) is 10.4. The van der Waals surface area contributed by atoms with Gasteiger partial charge >= 0.3 is 0 Å². The third kappa shape index (κ3) is 2.96. The SMILES string of the molecule is Cn1cc(Br)cc1C(=O)Nc1cc(Cl)ccc1Br. The molecule has 6 heteroatoms. The molecule has 1 amide bonds. The number of hydrogen-bond acceptors (Lipinski definition) is 1. The highest BCUT2D eigenvalue weighted by atomic mass is 79.9. The third-order valence-electron chi connectivity index (χ3n) is 2.38. The van der Waals surface area contributed by atoms with Crippen molar-refractivity contribution in [2.75, 3.05) is 5.32 Å². The number of carbonyl (C=O) groups excluding carboxylic acids is 1. The number of benzene rings is 1. The summed E-state index contributed by atoms with van der Waals surface area (Å²) in [5, 5.41) is 3.38. The molecule has 0 aliphatic rings. The maximum absolute atomic E-state index is 12.1. The first-order chi connectivity index (χ1) is 8.47. The van der Waals surface area contributed by atoms with Gasteiger partial charge in [-0.05, 0) is 56.1 Å². The summed E-state index contributed by atoms with van der Waals surface area (Å²) >= 11 is 12.6. The van der Waals surface area contributed by atoms with E-state index in [4.69, 9.17) is 11.6 Å². The summed E-state index contributed by atoms with van der Waals surface area (Å²) in [6.07, 6.45) is 1.82. The average Bonchev–Trinajstić information content (AvgIpc) is 2.63. The minimum atomic E-state index is -0.189. The lowest BCUT2D eigenvalue weighted by Gasteiger charge is -2.08. The molecule has 3 nitrogen and oxygen atoms in total. The van der Waals surface area contributed by atoms with Gasteiger partial charge in [-0.25, -0.2) is 0 Å². The summed E-state index contributed by atoms with van der Waals surface area (Å²) in [6, 6.07) is 6.99. The maximum atomic E-state index is 12.1. The Labute approximate surface area is 126 Å². The van der Waals surface area contributed by atoms with E-state index < -0.39 is 0 Å². The lowest BCUT2D eigenvalue weighted by Crippen LogP contribution is -2.15. The van der Waals surface area contributed by atoms with Crippen LogP contribution in [0.4, 0.5) is 5.69 Å². The fraction of sp³-hybridized carbons (Fsp3) is 0.0833. The molecule has 1 aromatic heterocycles. The van der Waals surface area contributed by atoms with Crippen molar-refractivity contribution in [2.24, 2.45) is 7.05 Å². The molecule has 18 heavy (non-hydrogen) atoms. The van der Waals surface area contributed by atoms with Crippen LogP contribution in [0.5, 0.6) is 0 Å². The highest BCUT2D eigenvalue weighted by molar-refractivity contribution is 9.10. The Morgan fingerprint density at radius 1 is 1.33 bits per heavy atom. The van der Waals surface area contributed by atoms with Gasteiger partial charge in [0.05, 0.1) is 5.69 Å². The van der Waals surface area contributed by atoms with Gasteiger partial charge in [-0.3, -0.25) is 4.79 Å². The van der Waals surface area contributed by atoms with E-state index in [0.717, 1.165) is 8.95 Å². The van der Waals surface area contributed by atoms with E-state index in [1.807, 2.05) is 13.2 Å². The molecule has 0 spiro atoms. The molecule has 0 unspecified atom stereocenters. The Balaban J connectivity index is 2.26. The van der Waals surface area contributed by atoms with Crippen molar-refractivity contribution in [3.05, 3.63) is 50.1 Å². The average molecular weight is 392 g/mol. The molecular weight excluding hydrogens is 383 g/mol. The zero-order valence-corrected chi connectivity index (χ0v) is 13.3. The molecule has 94 valence electrons. The largest absolute Gasteiger partial charge is 0.345 e. The molecule has 0 atom stereocenters. The van der Waals surface area contributed by atoms with Crippen LogP contribution in [-0.4, -0.2) is 10.5 Å². The van der Waals surface area contributed by atoms with E-state index in [0.29, 0.717) is 16.4 Å². The van der Waals surface area contributed by atoms with E-state index in [1.165, 1.54) is 0 Å². The minimum Gasteiger partial charge on any atom is -0.345 e. The highest BCUT2D eigenvalue weighted by Crippen LogP contribution is 2.26. The number of rotatable bonds is 2. The van der Waals surface area contributed by atoms with Crippen LogP contribution < -0.4 is 5.32 Å². The van der Waals surface area contributed by atoms with Crippen LogP contribution in [0.3, 0.4) is 0 Å². The Hall–Kier alpha value is -0.780. The van der Waals surface area contributed by atoms with Crippen LogP contribution in [0.15, 0.2) is 39.4 Å². The Kier molecular flexibility index (Phi) is 4.14. The second kappa shape index (κ2) is 5.47. The van der Waals surface area contributed by atoms with Gasteiger partial charge in [0.15, 0.2) is 0 Å². The first-order valence-corrected chi connectivity index (χ1v) is 7.02. The zero-order chi connectivity index (χ0) is 13.3. The number of aromatic nitrogens is 1. The van der Waals surface area contributed by atoms with Crippen LogP contribution in [-0.2, 0) is 7.05 Å². The predicted octanol–water partition coefficient (Wildman–Crippen LogP) is 4.46. The van der Waals surface area contributed by atoms with Crippen molar-refractivity contribution in [1.82, 2.24) is 4.57 Å². The van der Waals surface area contributed by atoms with Gasteiger partial charge in [0.2, 0.25) is 0 Å². The van der Waals surface area contributed by atoms with Crippen molar-refractivity contribution in [1.29, 1.82) is 0 Å². The molecule has 0 saturated heterocycles. The van der Waals surface area contributed by atoms with Crippen molar-refractivity contribution in [3.8, 4) is 0 Å². The molecule has 0 fully saturated rings. The lowest BCUT2D eigenvalue weighted by atomic mass is 10.3. The maximum Gasteiger partial charge on any atom is 0.272 e. The zero-order valence-electron chi connectivity index (χ0n) is 9.38.